The van der Waals surface area contributed by atoms with E-state index in [0.29, 0.717) is 11.3 Å². The molecule has 0 atom stereocenters. The molecule has 0 aromatic heterocycles. The Morgan fingerprint density at radius 2 is 2.00 bits per heavy atom. The van der Waals surface area contributed by atoms with Gasteiger partial charge in [-0.2, -0.15) is 5.26 Å². The number of ether oxygens (including phenoxy) is 2. The second-order valence-electron chi connectivity index (χ2n) is 5.60. The van der Waals surface area contributed by atoms with Crippen molar-refractivity contribution in [2.45, 2.75) is 27.7 Å². The van der Waals surface area contributed by atoms with Crippen LogP contribution < -0.4 is 4.74 Å². The molecule has 0 aliphatic rings. The smallest absolute Gasteiger partial charge is 0.348 e. The highest BCUT2D eigenvalue weighted by Gasteiger charge is 2.23. The molecule has 0 radical (unpaired) electrons. The molecule has 116 valence electrons. The van der Waals surface area contributed by atoms with E-state index in [4.69, 9.17) is 14.7 Å². The molecule has 0 spiro atoms. The minimum absolute atomic E-state index is 0.110. The van der Waals surface area contributed by atoms with Crippen LogP contribution in [-0.4, -0.2) is 18.5 Å². The van der Waals surface area contributed by atoms with Gasteiger partial charge in [-0.25, -0.2) is 4.79 Å². The first-order valence-electron chi connectivity index (χ1n) is 6.89. The number of hydrogen-bond donors (Lipinski definition) is 0. The Balaban J connectivity index is 2.99. The third-order valence-corrected chi connectivity index (χ3v) is 2.61. The van der Waals surface area contributed by atoms with Crippen LogP contribution in [0.5, 0.6) is 5.75 Å². The van der Waals surface area contributed by atoms with Crippen LogP contribution in [-0.2, 0) is 14.3 Å². The van der Waals surface area contributed by atoms with Crippen molar-refractivity contribution in [2.24, 2.45) is 5.41 Å². The van der Waals surface area contributed by atoms with Crippen molar-refractivity contribution >= 4 is 18.0 Å². The van der Waals surface area contributed by atoms with E-state index in [0.717, 1.165) is 0 Å². The fourth-order valence-electron chi connectivity index (χ4n) is 1.44. The molecule has 22 heavy (non-hydrogen) atoms. The summed E-state index contributed by atoms with van der Waals surface area (Å²) in [5.41, 5.74) is -0.154. The second-order valence-corrected chi connectivity index (χ2v) is 5.60. The van der Waals surface area contributed by atoms with Crippen LogP contribution in [0.2, 0.25) is 0 Å². The first kappa shape index (κ1) is 17.4. The van der Waals surface area contributed by atoms with Gasteiger partial charge >= 0.3 is 11.9 Å². The molecule has 1 rings (SSSR count). The molecule has 0 aliphatic heterocycles. The Kier molecular flexibility index (Phi) is 5.88. The topological polar surface area (TPSA) is 76.4 Å². The van der Waals surface area contributed by atoms with Crippen LogP contribution in [0.4, 0.5) is 0 Å². The zero-order valence-electron chi connectivity index (χ0n) is 13.2. The summed E-state index contributed by atoms with van der Waals surface area (Å²) < 4.78 is 10.1. The molecule has 0 bridgehead atoms. The van der Waals surface area contributed by atoms with Crippen molar-refractivity contribution in [2.75, 3.05) is 6.61 Å². The highest BCUT2D eigenvalue weighted by atomic mass is 16.5. The molecule has 5 heteroatoms. The maximum absolute atomic E-state index is 11.9. The van der Waals surface area contributed by atoms with E-state index in [9.17, 15) is 9.59 Å². The van der Waals surface area contributed by atoms with Crippen LogP contribution in [0, 0.1) is 16.7 Å². The maximum atomic E-state index is 11.9. The molecule has 1 aromatic carbocycles. The number of carbonyl (C=O) groups excluding carboxylic acids is 2. The number of nitrogens with zero attached hydrogens (tertiary/aromatic N) is 1. The van der Waals surface area contributed by atoms with Crippen LogP contribution in [0.15, 0.2) is 29.8 Å². The Hall–Kier alpha value is -2.61. The molecule has 0 N–H and O–H groups in total. The van der Waals surface area contributed by atoms with Crippen LogP contribution in [0.1, 0.15) is 33.3 Å². The van der Waals surface area contributed by atoms with E-state index in [1.807, 2.05) is 0 Å². The van der Waals surface area contributed by atoms with Gasteiger partial charge in [0.05, 0.1) is 12.0 Å². The Morgan fingerprint density at radius 1 is 1.32 bits per heavy atom. The van der Waals surface area contributed by atoms with E-state index in [1.54, 1.807) is 58.0 Å². The van der Waals surface area contributed by atoms with Crippen LogP contribution in [0.3, 0.4) is 0 Å². The summed E-state index contributed by atoms with van der Waals surface area (Å²) in [6.45, 7) is 7.13. The van der Waals surface area contributed by atoms with Gasteiger partial charge < -0.3 is 9.47 Å². The molecule has 0 fully saturated rings. The lowest BCUT2D eigenvalue weighted by atomic mass is 9.97. The zero-order chi connectivity index (χ0) is 16.8. The van der Waals surface area contributed by atoms with E-state index in [-0.39, 0.29) is 18.1 Å². The first-order valence-corrected chi connectivity index (χ1v) is 6.89. The van der Waals surface area contributed by atoms with Crippen molar-refractivity contribution in [1.29, 1.82) is 5.26 Å². The standard InChI is InChI=1S/C17H19NO4/c1-5-21-15(19)13(11-18)9-12-7-6-8-14(10-12)22-16(20)17(2,3)4/h6-10H,5H2,1-4H3/b13-9+. The summed E-state index contributed by atoms with van der Waals surface area (Å²) in [5, 5.41) is 9.00. The summed E-state index contributed by atoms with van der Waals surface area (Å²) in [6.07, 6.45) is 1.40. The fraction of sp³-hybridized carbons (Fsp3) is 0.353. The van der Waals surface area contributed by atoms with Gasteiger partial charge in [0.2, 0.25) is 0 Å². The highest BCUT2D eigenvalue weighted by Crippen LogP contribution is 2.21. The summed E-state index contributed by atoms with van der Waals surface area (Å²) in [6, 6.07) is 8.40. The third-order valence-electron chi connectivity index (χ3n) is 2.61. The Bertz CT molecular complexity index is 633. The SMILES string of the molecule is CCOC(=O)/C(C#N)=C/c1cccc(OC(=O)C(C)(C)C)c1. The predicted molar refractivity (Wildman–Crippen MR) is 81.8 cm³/mol. The number of benzene rings is 1. The molecule has 5 nitrogen and oxygen atoms in total. The van der Waals surface area contributed by atoms with E-state index >= 15 is 0 Å². The molecule has 0 aliphatic carbocycles. The van der Waals surface area contributed by atoms with Gasteiger partial charge in [-0.1, -0.05) is 12.1 Å². The van der Waals surface area contributed by atoms with E-state index in [1.165, 1.54) is 6.08 Å². The lowest BCUT2D eigenvalue weighted by Crippen LogP contribution is -2.25. The molecule has 0 unspecified atom stereocenters. The summed E-state index contributed by atoms with van der Waals surface area (Å²) >= 11 is 0. The summed E-state index contributed by atoms with van der Waals surface area (Å²) in [7, 11) is 0. The second kappa shape index (κ2) is 7.41. The van der Waals surface area contributed by atoms with Gasteiger partial charge in [0, 0.05) is 0 Å². The average molecular weight is 301 g/mol. The van der Waals surface area contributed by atoms with Gasteiger partial charge in [-0.3, -0.25) is 4.79 Å². The normalized spacial score (nSPS) is 11.5. The van der Waals surface area contributed by atoms with Gasteiger partial charge in [-0.15, -0.1) is 0 Å². The molecular weight excluding hydrogens is 282 g/mol. The average Bonchev–Trinajstić information content (AvgIpc) is 2.44. The maximum Gasteiger partial charge on any atom is 0.348 e. The lowest BCUT2D eigenvalue weighted by molar-refractivity contribution is -0.143. The Morgan fingerprint density at radius 3 is 2.55 bits per heavy atom. The van der Waals surface area contributed by atoms with Crippen molar-refractivity contribution in [1.82, 2.24) is 0 Å². The lowest BCUT2D eigenvalue weighted by Gasteiger charge is -2.16. The zero-order valence-corrected chi connectivity index (χ0v) is 13.2. The number of hydrogen-bond acceptors (Lipinski definition) is 5. The Labute approximate surface area is 130 Å². The quantitative estimate of drug-likeness (QED) is 0.369. The minimum atomic E-state index is -0.679. The molecular formula is C17H19NO4. The molecule has 0 heterocycles. The molecule has 0 saturated carbocycles. The fourth-order valence-corrected chi connectivity index (χ4v) is 1.44. The van der Waals surface area contributed by atoms with Gasteiger partial charge in [0.15, 0.2) is 0 Å². The minimum Gasteiger partial charge on any atom is -0.462 e. The van der Waals surface area contributed by atoms with Crippen molar-refractivity contribution in [3.05, 3.63) is 35.4 Å². The number of rotatable bonds is 4. The number of esters is 2. The molecule has 0 amide bonds. The van der Waals surface area contributed by atoms with E-state index in [2.05, 4.69) is 0 Å². The van der Waals surface area contributed by atoms with Crippen molar-refractivity contribution in [3.8, 4) is 11.8 Å². The first-order chi connectivity index (χ1) is 10.3. The number of nitriles is 1. The third kappa shape index (κ3) is 5.06. The van der Waals surface area contributed by atoms with Gasteiger partial charge in [0.25, 0.3) is 0 Å². The van der Waals surface area contributed by atoms with Crippen molar-refractivity contribution in [3.63, 3.8) is 0 Å². The summed E-state index contributed by atoms with van der Waals surface area (Å²) in [4.78, 5) is 23.4. The van der Waals surface area contributed by atoms with Crippen LogP contribution >= 0.6 is 0 Å². The molecule has 1 aromatic rings. The van der Waals surface area contributed by atoms with Crippen LogP contribution in [0.25, 0.3) is 6.08 Å². The van der Waals surface area contributed by atoms with Gasteiger partial charge in [-0.05, 0) is 51.5 Å². The predicted octanol–water partition coefficient (Wildman–Crippen LogP) is 3.11. The van der Waals surface area contributed by atoms with E-state index < -0.39 is 11.4 Å². The summed E-state index contributed by atoms with van der Waals surface area (Å²) in [5.74, 6) is -0.684. The highest BCUT2D eigenvalue weighted by molar-refractivity contribution is 5.97. The monoisotopic (exact) mass is 301 g/mol. The number of carbonyl (C=O) groups is 2. The van der Waals surface area contributed by atoms with Crippen molar-refractivity contribution < 1.29 is 19.1 Å². The molecule has 0 saturated heterocycles. The van der Waals surface area contributed by atoms with Gasteiger partial charge in [0.1, 0.15) is 17.4 Å². The largest absolute Gasteiger partial charge is 0.462 e.